The molecule has 4 aliphatic rings. The Morgan fingerprint density at radius 2 is 1.93 bits per heavy atom. The lowest BCUT2D eigenvalue weighted by molar-refractivity contribution is 0.107. The van der Waals surface area contributed by atoms with Gasteiger partial charge in [-0.25, -0.2) is 13.2 Å². The van der Waals surface area contributed by atoms with Crippen molar-refractivity contribution in [2.24, 2.45) is 11.8 Å². The Bertz CT molecular complexity index is 1770. The van der Waals surface area contributed by atoms with Gasteiger partial charge in [0.05, 0.1) is 29.7 Å². The van der Waals surface area contributed by atoms with E-state index in [1.165, 1.54) is 13.3 Å². The zero-order chi connectivity index (χ0) is 30.2. The number of aliphatic hydroxyl groups is 1. The van der Waals surface area contributed by atoms with Crippen LogP contribution < -0.4 is 14.4 Å². The van der Waals surface area contributed by atoms with E-state index in [-0.39, 0.29) is 47.2 Å². The average molecular weight is 606 g/mol. The fourth-order valence-electron chi connectivity index (χ4n) is 8.23. The van der Waals surface area contributed by atoms with Crippen molar-refractivity contribution in [2.45, 2.75) is 49.9 Å². The van der Waals surface area contributed by atoms with Crippen LogP contribution >= 0.6 is 0 Å². The molecule has 3 saturated heterocycles. The second kappa shape index (κ2) is 10.4. The van der Waals surface area contributed by atoms with E-state index in [4.69, 9.17) is 14.5 Å². The highest BCUT2D eigenvalue weighted by Gasteiger charge is 2.49. The molecule has 4 aromatic rings. The summed E-state index contributed by atoms with van der Waals surface area (Å²) in [6, 6.07) is 8.68. The van der Waals surface area contributed by atoms with Crippen molar-refractivity contribution in [3.8, 4) is 23.0 Å². The zero-order valence-corrected chi connectivity index (χ0v) is 24.5. The molecule has 1 aliphatic carbocycles. The molecule has 8 rings (SSSR count). The first kappa shape index (κ1) is 27.8. The van der Waals surface area contributed by atoms with Crippen LogP contribution in [0.4, 0.5) is 19.0 Å². The Kier molecular flexibility index (Phi) is 6.60. The highest BCUT2D eigenvalue weighted by Crippen LogP contribution is 2.44. The molecule has 11 heteroatoms. The molecule has 0 unspecified atom stereocenters. The lowest BCUT2D eigenvalue weighted by Crippen LogP contribution is -2.43. The highest BCUT2D eigenvalue weighted by molar-refractivity contribution is 6.00. The van der Waals surface area contributed by atoms with Gasteiger partial charge in [-0.1, -0.05) is 24.3 Å². The number of rotatable bonds is 6. The number of alkyl halides is 1. The smallest absolute Gasteiger partial charge is 0.319 e. The first-order valence-electron chi connectivity index (χ1n) is 15.4. The molecule has 2 aromatic heterocycles. The summed E-state index contributed by atoms with van der Waals surface area (Å²) in [6.45, 7) is 2.60. The summed E-state index contributed by atoms with van der Waals surface area (Å²) in [4.78, 5) is 18.0. The number of ether oxygens (including phenoxy) is 2. The minimum Gasteiger partial charge on any atom is -0.494 e. The fraction of sp³-hybridized carbons (Fsp3) is 0.485. The van der Waals surface area contributed by atoms with Crippen LogP contribution in [0.1, 0.15) is 32.1 Å². The Labute approximate surface area is 252 Å². The predicted molar refractivity (Wildman–Crippen MR) is 160 cm³/mol. The lowest BCUT2D eigenvalue weighted by atomic mass is 9.95. The summed E-state index contributed by atoms with van der Waals surface area (Å²) < 4.78 is 58.5. The summed E-state index contributed by atoms with van der Waals surface area (Å²) in [6.07, 6.45) is 4.00. The van der Waals surface area contributed by atoms with Gasteiger partial charge in [0.1, 0.15) is 29.8 Å². The molecule has 2 aromatic carbocycles. The van der Waals surface area contributed by atoms with Crippen LogP contribution in [0.25, 0.3) is 32.9 Å². The zero-order valence-electron chi connectivity index (χ0n) is 24.5. The molecule has 5 heterocycles. The summed E-state index contributed by atoms with van der Waals surface area (Å²) in [7, 11) is 1.37. The van der Waals surface area contributed by atoms with Crippen LogP contribution in [0.15, 0.2) is 36.5 Å². The predicted octanol–water partition coefficient (Wildman–Crippen LogP) is 5.29. The number of benzene rings is 2. The SMILES string of the molecule is COc1cc2ccccc2c(-c2ncc3c(N4C[C@@H]5C[C@H](C4)[C@H](O)C5)nc(OC[C@@]45CCCN4C[C@H](F)C5)nc3c2F)c1F. The Hall–Kier alpha value is -3.70. The highest BCUT2D eigenvalue weighted by atomic mass is 19.1. The third-order valence-corrected chi connectivity index (χ3v) is 10.3. The summed E-state index contributed by atoms with van der Waals surface area (Å²) in [5.74, 6) is -0.678. The van der Waals surface area contributed by atoms with Crippen LogP contribution in [0, 0.1) is 23.5 Å². The van der Waals surface area contributed by atoms with E-state index < -0.39 is 23.3 Å². The molecule has 2 bridgehead atoms. The van der Waals surface area contributed by atoms with Crippen molar-refractivity contribution in [1.29, 1.82) is 0 Å². The van der Waals surface area contributed by atoms with E-state index in [1.807, 2.05) is 12.1 Å². The minimum absolute atomic E-state index is 0.0125. The van der Waals surface area contributed by atoms with Gasteiger partial charge in [0.25, 0.3) is 0 Å². The van der Waals surface area contributed by atoms with Gasteiger partial charge < -0.3 is 19.5 Å². The molecule has 8 nitrogen and oxygen atoms in total. The maximum Gasteiger partial charge on any atom is 0.319 e. The van der Waals surface area contributed by atoms with Crippen LogP contribution in [-0.2, 0) is 0 Å². The van der Waals surface area contributed by atoms with E-state index >= 15 is 8.78 Å². The number of nitrogens with zero attached hydrogens (tertiary/aromatic N) is 5. The molecular weight excluding hydrogens is 571 g/mol. The number of anilines is 1. The minimum atomic E-state index is -0.916. The van der Waals surface area contributed by atoms with Crippen molar-refractivity contribution in [3.05, 3.63) is 48.2 Å². The molecule has 1 N–H and O–H groups in total. The molecule has 4 fully saturated rings. The van der Waals surface area contributed by atoms with Crippen molar-refractivity contribution in [3.63, 3.8) is 0 Å². The molecule has 0 amide bonds. The maximum absolute atomic E-state index is 16.7. The van der Waals surface area contributed by atoms with Gasteiger partial charge in [-0.3, -0.25) is 9.88 Å². The second-order valence-corrected chi connectivity index (χ2v) is 12.9. The van der Waals surface area contributed by atoms with Gasteiger partial charge in [-0.05, 0) is 55.0 Å². The van der Waals surface area contributed by atoms with E-state index in [1.54, 1.807) is 18.2 Å². The van der Waals surface area contributed by atoms with E-state index in [9.17, 15) is 9.50 Å². The number of hydrogen-bond acceptors (Lipinski definition) is 8. The third kappa shape index (κ3) is 4.38. The lowest BCUT2D eigenvalue weighted by Gasteiger charge is -2.34. The number of piperidine rings is 1. The summed E-state index contributed by atoms with van der Waals surface area (Å²) >= 11 is 0. The quantitative estimate of drug-likeness (QED) is 0.318. The standard InChI is InChI=1S/C33H34F3N5O3/c1-43-25-11-19-5-2-3-6-22(19)26(27(25)35)30-28(36)29-23(13-37-30)31(40-14-18-9-20(15-40)24(42)10-18)39-32(38-29)44-17-33-7-4-8-41(33)16-21(34)12-33/h2-3,5-6,11,13,18,20-21,24,42H,4,7-10,12,14-17H2,1H3/t18-,20-,21-,24-,33+/m1/s1. The monoisotopic (exact) mass is 605 g/mol. The van der Waals surface area contributed by atoms with E-state index in [0.29, 0.717) is 53.9 Å². The van der Waals surface area contributed by atoms with E-state index in [0.717, 1.165) is 32.2 Å². The van der Waals surface area contributed by atoms with Crippen LogP contribution in [-0.4, -0.2) is 82.7 Å². The number of halogens is 3. The van der Waals surface area contributed by atoms with Crippen molar-refractivity contribution in [1.82, 2.24) is 19.9 Å². The second-order valence-electron chi connectivity index (χ2n) is 12.9. The van der Waals surface area contributed by atoms with Gasteiger partial charge in [-0.15, -0.1) is 0 Å². The Morgan fingerprint density at radius 3 is 2.77 bits per heavy atom. The topological polar surface area (TPSA) is 83.8 Å². The Morgan fingerprint density at radius 1 is 1.07 bits per heavy atom. The largest absolute Gasteiger partial charge is 0.494 e. The molecule has 44 heavy (non-hydrogen) atoms. The molecular formula is C33H34F3N5O3. The molecule has 230 valence electrons. The number of fused-ring (bicyclic) bond motifs is 5. The van der Waals surface area contributed by atoms with E-state index in [2.05, 4.69) is 19.8 Å². The number of pyridine rings is 1. The normalized spacial score (nSPS) is 28.2. The maximum atomic E-state index is 16.7. The first-order chi connectivity index (χ1) is 21.3. The summed E-state index contributed by atoms with van der Waals surface area (Å²) in [5, 5.41) is 12.1. The third-order valence-electron chi connectivity index (χ3n) is 10.3. The average Bonchev–Trinajstić information content (AvgIpc) is 3.64. The first-order valence-corrected chi connectivity index (χ1v) is 15.4. The van der Waals surface area contributed by atoms with Gasteiger partial charge in [0, 0.05) is 38.2 Å². The number of aliphatic hydroxyl groups excluding tert-OH is 1. The number of methoxy groups -OCH3 is 1. The molecule has 0 radical (unpaired) electrons. The van der Waals surface area contributed by atoms with Crippen LogP contribution in [0.2, 0.25) is 0 Å². The summed E-state index contributed by atoms with van der Waals surface area (Å²) in [5.41, 5.74) is -0.667. The fourth-order valence-corrected chi connectivity index (χ4v) is 8.23. The van der Waals surface area contributed by atoms with Gasteiger partial charge in [-0.2, -0.15) is 9.97 Å². The number of hydrogen-bond donors (Lipinski definition) is 1. The molecule has 0 spiro atoms. The molecule has 1 saturated carbocycles. The van der Waals surface area contributed by atoms with Gasteiger partial charge >= 0.3 is 6.01 Å². The van der Waals surface area contributed by atoms with Crippen molar-refractivity contribution < 1.29 is 27.8 Å². The molecule has 3 aliphatic heterocycles. The molecule has 5 atom stereocenters. The van der Waals surface area contributed by atoms with Crippen molar-refractivity contribution >= 4 is 27.5 Å². The Balaban J connectivity index is 1.27. The van der Waals surface area contributed by atoms with Crippen LogP contribution in [0.5, 0.6) is 11.8 Å². The van der Waals surface area contributed by atoms with Crippen LogP contribution in [0.3, 0.4) is 0 Å². The van der Waals surface area contributed by atoms with Crippen molar-refractivity contribution in [2.75, 3.05) is 44.8 Å². The number of aromatic nitrogens is 3. The van der Waals surface area contributed by atoms with Gasteiger partial charge in [0.15, 0.2) is 17.4 Å². The van der Waals surface area contributed by atoms with Gasteiger partial charge in [0.2, 0.25) is 0 Å².